The lowest BCUT2D eigenvalue weighted by Crippen LogP contribution is -2.23. The minimum atomic E-state index is -0.901. The topological polar surface area (TPSA) is 130 Å². The van der Waals surface area contributed by atoms with E-state index < -0.39 is 44.8 Å². The van der Waals surface area contributed by atoms with Crippen molar-refractivity contribution in [3.05, 3.63) is 87.0 Å². The van der Waals surface area contributed by atoms with E-state index in [0.717, 1.165) is 6.07 Å². The molecule has 28 heavy (non-hydrogen) atoms. The standard InChI is InChI=1S/C20H12N2O6/c23-13-8-4-7-11-15(13)20(26)17-16(19(11)25)14(24)9-12(18(17)22(27)28)21-10-5-2-1-3-6-10/h1-9,21,23-24H. The monoisotopic (exact) mass is 376 g/mol. The number of hydrogen-bond donors (Lipinski definition) is 3. The van der Waals surface area contributed by atoms with Crippen molar-refractivity contribution in [3.63, 3.8) is 0 Å². The molecule has 1 aliphatic rings. The molecule has 1 aliphatic carbocycles. The molecular formula is C20H12N2O6. The first-order valence-corrected chi connectivity index (χ1v) is 8.18. The van der Waals surface area contributed by atoms with Crippen molar-refractivity contribution < 1.29 is 24.7 Å². The Morgan fingerprint density at radius 3 is 2.21 bits per heavy atom. The molecule has 8 nitrogen and oxygen atoms in total. The molecule has 0 saturated carbocycles. The van der Waals surface area contributed by atoms with E-state index in [0.29, 0.717) is 5.69 Å². The van der Waals surface area contributed by atoms with Gasteiger partial charge in [0.1, 0.15) is 22.7 Å². The number of aromatic hydroxyl groups is 2. The van der Waals surface area contributed by atoms with Crippen molar-refractivity contribution >= 4 is 28.6 Å². The summed E-state index contributed by atoms with van der Waals surface area (Å²) in [4.78, 5) is 36.8. The van der Waals surface area contributed by atoms with Crippen LogP contribution in [0.25, 0.3) is 0 Å². The average Bonchev–Trinajstić information content (AvgIpc) is 2.66. The van der Waals surface area contributed by atoms with Gasteiger partial charge in [0, 0.05) is 17.3 Å². The highest BCUT2D eigenvalue weighted by molar-refractivity contribution is 6.32. The lowest BCUT2D eigenvalue weighted by Gasteiger charge is -2.20. The summed E-state index contributed by atoms with van der Waals surface area (Å²) < 4.78 is 0. The van der Waals surface area contributed by atoms with Crippen molar-refractivity contribution in [1.82, 2.24) is 0 Å². The molecule has 0 amide bonds. The van der Waals surface area contributed by atoms with Crippen molar-refractivity contribution in [2.45, 2.75) is 0 Å². The second kappa shape index (κ2) is 6.20. The Balaban J connectivity index is 2.01. The first kappa shape index (κ1) is 17.2. The number of nitrogens with zero attached hydrogens (tertiary/aromatic N) is 1. The number of phenolic OH excluding ortho intramolecular Hbond substituents is 2. The molecule has 0 saturated heterocycles. The predicted molar refractivity (Wildman–Crippen MR) is 99.5 cm³/mol. The Bertz CT molecular complexity index is 1170. The molecule has 3 aromatic carbocycles. The Labute approximate surface area is 157 Å². The summed E-state index contributed by atoms with van der Waals surface area (Å²) in [6, 6.07) is 13.4. The number of para-hydroxylation sites is 1. The Morgan fingerprint density at radius 2 is 1.54 bits per heavy atom. The molecule has 0 unspecified atom stereocenters. The van der Waals surface area contributed by atoms with Crippen LogP contribution in [0.5, 0.6) is 11.5 Å². The van der Waals surface area contributed by atoms with Crippen LogP contribution < -0.4 is 5.32 Å². The van der Waals surface area contributed by atoms with Crippen molar-refractivity contribution in [2.75, 3.05) is 5.32 Å². The number of anilines is 2. The van der Waals surface area contributed by atoms with Crippen LogP contribution >= 0.6 is 0 Å². The van der Waals surface area contributed by atoms with Gasteiger partial charge in [0.2, 0.25) is 5.78 Å². The molecule has 3 N–H and O–H groups in total. The van der Waals surface area contributed by atoms with Gasteiger partial charge in [-0.25, -0.2) is 0 Å². The molecule has 0 radical (unpaired) electrons. The fourth-order valence-corrected chi connectivity index (χ4v) is 3.30. The quantitative estimate of drug-likeness (QED) is 0.368. The molecule has 0 fully saturated rings. The van der Waals surface area contributed by atoms with Gasteiger partial charge in [-0.3, -0.25) is 19.7 Å². The van der Waals surface area contributed by atoms with Gasteiger partial charge >= 0.3 is 5.69 Å². The Hall–Kier alpha value is -4.20. The number of fused-ring (bicyclic) bond motifs is 2. The third kappa shape index (κ3) is 2.47. The molecule has 0 atom stereocenters. The second-order valence-corrected chi connectivity index (χ2v) is 6.15. The maximum atomic E-state index is 13.0. The van der Waals surface area contributed by atoms with Crippen LogP contribution in [0.1, 0.15) is 31.8 Å². The number of nitrogens with one attached hydrogen (secondary N) is 1. The van der Waals surface area contributed by atoms with Crippen LogP contribution in [0.3, 0.4) is 0 Å². The van der Waals surface area contributed by atoms with Gasteiger partial charge in [0.25, 0.3) is 0 Å². The van der Waals surface area contributed by atoms with Gasteiger partial charge < -0.3 is 15.5 Å². The maximum absolute atomic E-state index is 13.0. The van der Waals surface area contributed by atoms with Crippen molar-refractivity contribution in [1.29, 1.82) is 0 Å². The largest absolute Gasteiger partial charge is 0.507 e. The summed E-state index contributed by atoms with van der Waals surface area (Å²) in [5.41, 5.74) is -1.75. The van der Waals surface area contributed by atoms with Crippen LogP contribution in [0.15, 0.2) is 54.6 Å². The highest BCUT2D eigenvalue weighted by Crippen LogP contribution is 2.44. The van der Waals surface area contributed by atoms with E-state index in [1.165, 1.54) is 18.2 Å². The number of benzene rings is 3. The molecular weight excluding hydrogens is 364 g/mol. The Kier molecular flexibility index (Phi) is 3.82. The van der Waals surface area contributed by atoms with E-state index >= 15 is 0 Å². The second-order valence-electron chi connectivity index (χ2n) is 6.15. The molecule has 0 bridgehead atoms. The van der Waals surface area contributed by atoms with Crippen molar-refractivity contribution in [2.24, 2.45) is 0 Å². The van der Waals surface area contributed by atoms with Crippen LogP contribution in [-0.2, 0) is 0 Å². The zero-order valence-electron chi connectivity index (χ0n) is 14.2. The maximum Gasteiger partial charge on any atom is 0.304 e. The molecule has 4 rings (SSSR count). The molecule has 8 heteroatoms. The number of phenols is 2. The zero-order chi connectivity index (χ0) is 20.0. The third-order valence-corrected chi connectivity index (χ3v) is 4.48. The SMILES string of the molecule is O=C1c2cccc(O)c2C(=O)c2c1c(O)cc(Nc1ccccc1)c2[N+](=O)[O-]. The van der Waals surface area contributed by atoms with E-state index in [2.05, 4.69) is 5.32 Å². The summed E-state index contributed by atoms with van der Waals surface area (Å²) in [6.07, 6.45) is 0. The molecule has 0 heterocycles. The summed E-state index contributed by atoms with van der Waals surface area (Å²) >= 11 is 0. The van der Waals surface area contributed by atoms with Gasteiger partial charge in [-0.05, 0) is 18.2 Å². The fraction of sp³-hybridized carbons (Fsp3) is 0. The lowest BCUT2D eigenvalue weighted by molar-refractivity contribution is -0.384. The minimum Gasteiger partial charge on any atom is -0.507 e. The summed E-state index contributed by atoms with van der Waals surface area (Å²) in [5.74, 6) is -2.70. The van der Waals surface area contributed by atoms with Crippen LogP contribution in [-0.4, -0.2) is 26.7 Å². The normalized spacial score (nSPS) is 12.3. The lowest BCUT2D eigenvalue weighted by atomic mass is 9.82. The molecule has 138 valence electrons. The summed E-state index contributed by atoms with van der Waals surface area (Å²) in [5, 5.41) is 35.1. The minimum absolute atomic E-state index is 0.120. The van der Waals surface area contributed by atoms with E-state index in [9.17, 15) is 29.9 Å². The first-order chi connectivity index (χ1) is 13.4. The average molecular weight is 376 g/mol. The molecule has 0 aromatic heterocycles. The van der Waals surface area contributed by atoms with Crippen molar-refractivity contribution in [3.8, 4) is 11.5 Å². The highest BCUT2D eigenvalue weighted by Gasteiger charge is 2.41. The highest BCUT2D eigenvalue weighted by atomic mass is 16.6. The van der Waals surface area contributed by atoms with Crippen LogP contribution in [0.2, 0.25) is 0 Å². The number of carbonyl (C=O) groups is 2. The first-order valence-electron chi connectivity index (χ1n) is 8.18. The van der Waals surface area contributed by atoms with E-state index in [1.807, 2.05) is 0 Å². The zero-order valence-corrected chi connectivity index (χ0v) is 14.2. The predicted octanol–water partition coefficient (Wildman–Crippen LogP) is 3.53. The summed E-state index contributed by atoms with van der Waals surface area (Å²) in [6.45, 7) is 0. The fourth-order valence-electron chi connectivity index (χ4n) is 3.30. The Morgan fingerprint density at radius 1 is 0.821 bits per heavy atom. The number of ketones is 2. The van der Waals surface area contributed by atoms with Gasteiger partial charge in [0.05, 0.1) is 16.1 Å². The van der Waals surface area contributed by atoms with Crippen LogP contribution in [0.4, 0.5) is 17.1 Å². The number of carbonyl (C=O) groups excluding carboxylic acids is 2. The smallest absolute Gasteiger partial charge is 0.304 e. The van der Waals surface area contributed by atoms with E-state index in [4.69, 9.17) is 0 Å². The van der Waals surface area contributed by atoms with Gasteiger partial charge in [-0.2, -0.15) is 0 Å². The van der Waals surface area contributed by atoms with Crippen LogP contribution in [0, 0.1) is 10.1 Å². The molecule has 0 aliphatic heterocycles. The third-order valence-electron chi connectivity index (χ3n) is 4.48. The van der Waals surface area contributed by atoms with Gasteiger partial charge in [0.15, 0.2) is 5.78 Å². The summed E-state index contributed by atoms with van der Waals surface area (Å²) in [7, 11) is 0. The van der Waals surface area contributed by atoms with E-state index in [-0.39, 0.29) is 16.8 Å². The van der Waals surface area contributed by atoms with E-state index in [1.54, 1.807) is 30.3 Å². The van der Waals surface area contributed by atoms with Gasteiger partial charge in [-0.1, -0.05) is 30.3 Å². The number of nitro benzene ring substituents is 1. The number of hydrogen-bond acceptors (Lipinski definition) is 7. The number of rotatable bonds is 3. The molecule has 0 spiro atoms. The molecule has 3 aromatic rings. The van der Waals surface area contributed by atoms with Gasteiger partial charge in [-0.15, -0.1) is 0 Å². The number of nitro groups is 1.